The second kappa shape index (κ2) is 8.77. The molecule has 7 heteroatoms. The number of anilines is 1. The number of rotatable bonds is 4. The molecule has 5 nitrogen and oxygen atoms in total. The molecule has 0 N–H and O–H groups in total. The standard InChI is InChI=1S/C19H28N4O.2ClH/c1-21(2)17-13-23(12-16(17)14-5-6-14)18-11-15(7-8-20-18)19(24)22-9-3-4-10-22;;/h7-8,11,14,16-17H,3-6,9-10,12-13H2,1-2H3;2*1H/t16-,17+;;/m1../s1. The van der Waals surface area contributed by atoms with Gasteiger partial charge in [-0.3, -0.25) is 4.79 Å². The Hall–Kier alpha value is -1.04. The van der Waals surface area contributed by atoms with Crippen molar-refractivity contribution in [3.05, 3.63) is 23.9 Å². The number of carbonyl (C=O) groups excluding carboxylic acids is 1. The number of halogens is 2. The highest BCUT2D eigenvalue weighted by molar-refractivity contribution is 5.95. The van der Waals surface area contributed by atoms with Gasteiger partial charge in [-0.1, -0.05) is 0 Å². The minimum Gasteiger partial charge on any atom is -0.355 e. The fourth-order valence-electron chi connectivity index (χ4n) is 4.36. The van der Waals surface area contributed by atoms with E-state index in [-0.39, 0.29) is 30.7 Å². The monoisotopic (exact) mass is 400 g/mol. The van der Waals surface area contributed by atoms with Crippen LogP contribution < -0.4 is 4.90 Å². The van der Waals surface area contributed by atoms with Gasteiger partial charge in [-0.25, -0.2) is 4.98 Å². The van der Waals surface area contributed by atoms with Crippen LogP contribution in [0.4, 0.5) is 5.82 Å². The summed E-state index contributed by atoms with van der Waals surface area (Å²) in [4.78, 5) is 23.9. The van der Waals surface area contributed by atoms with Crippen LogP contribution >= 0.6 is 24.8 Å². The van der Waals surface area contributed by atoms with E-state index in [0.29, 0.717) is 6.04 Å². The third-order valence-corrected chi connectivity index (χ3v) is 5.93. The van der Waals surface area contributed by atoms with E-state index in [4.69, 9.17) is 0 Å². The maximum absolute atomic E-state index is 12.6. The second-order valence-electron chi connectivity index (χ2n) is 7.84. The number of pyridine rings is 1. The first-order chi connectivity index (χ1) is 11.6. The molecule has 0 bridgehead atoms. The van der Waals surface area contributed by atoms with Crippen LogP contribution in [0.25, 0.3) is 0 Å². The number of carbonyl (C=O) groups is 1. The van der Waals surface area contributed by atoms with E-state index in [1.807, 2.05) is 17.0 Å². The van der Waals surface area contributed by atoms with E-state index < -0.39 is 0 Å². The summed E-state index contributed by atoms with van der Waals surface area (Å²) in [6.45, 7) is 3.88. The average molecular weight is 401 g/mol. The van der Waals surface area contributed by atoms with E-state index >= 15 is 0 Å². The Labute approximate surface area is 168 Å². The summed E-state index contributed by atoms with van der Waals surface area (Å²) in [5.41, 5.74) is 0.790. The van der Waals surface area contributed by atoms with Gasteiger partial charge in [0.1, 0.15) is 5.82 Å². The van der Waals surface area contributed by atoms with E-state index in [2.05, 4.69) is 28.9 Å². The number of hydrogen-bond donors (Lipinski definition) is 0. The normalized spacial score (nSPS) is 25.2. The van der Waals surface area contributed by atoms with Crippen LogP contribution in [0.2, 0.25) is 0 Å². The molecule has 4 rings (SSSR count). The SMILES string of the molecule is CN(C)[C@H]1CN(c2cc(C(=O)N3CCCC3)ccn2)C[C@@H]1C1CC1.Cl.Cl. The molecule has 0 aromatic carbocycles. The quantitative estimate of drug-likeness (QED) is 0.778. The molecule has 1 amide bonds. The third-order valence-electron chi connectivity index (χ3n) is 5.93. The van der Waals surface area contributed by atoms with Gasteiger partial charge in [-0.05, 0) is 63.7 Å². The number of hydrogen-bond acceptors (Lipinski definition) is 4. The predicted molar refractivity (Wildman–Crippen MR) is 110 cm³/mol. The summed E-state index contributed by atoms with van der Waals surface area (Å²) in [6, 6.07) is 4.46. The van der Waals surface area contributed by atoms with Crippen molar-refractivity contribution in [1.29, 1.82) is 0 Å². The van der Waals surface area contributed by atoms with Crippen molar-refractivity contribution in [1.82, 2.24) is 14.8 Å². The van der Waals surface area contributed by atoms with Crippen LogP contribution in [0.3, 0.4) is 0 Å². The average Bonchev–Trinajstić information content (AvgIpc) is 3.12. The van der Waals surface area contributed by atoms with Gasteiger partial charge in [0, 0.05) is 44.0 Å². The highest BCUT2D eigenvalue weighted by atomic mass is 35.5. The summed E-state index contributed by atoms with van der Waals surface area (Å²) in [6.07, 6.45) is 6.81. The second-order valence-corrected chi connectivity index (χ2v) is 7.84. The summed E-state index contributed by atoms with van der Waals surface area (Å²) in [5.74, 6) is 2.75. The molecule has 1 aliphatic carbocycles. The summed E-state index contributed by atoms with van der Waals surface area (Å²) >= 11 is 0. The Morgan fingerprint density at radius 1 is 1.15 bits per heavy atom. The van der Waals surface area contributed by atoms with Gasteiger partial charge in [-0.15, -0.1) is 24.8 Å². The Morgan fingerprint density at radius 3 is 2.46 bits per heavy atom. The molecule has 3 fully saturated rings. The van der Waals surface area contributed by atoms with Crippen molar-refractivity contribution >= 4 is 36.5 Å². The van der Waals surface area contributed by atoms with Crippen LogP contribution in [0.5, 0.6) is 0 Å². The molecule has 3 aliphatic rings. The maximum Gasteiger partial charge on any atom is 0.254 e. The topological polar surface area (TPSA) is 39.7 Å². The molecular weight excluding hydrogens is 371 g/mol. The van der Waals surface area contributed by atoms with Crippen molar-refractivity contribution in [2.45, 2.75) is 31.7 Å². The van der Waals surface area contributed by atoms with Crippen molar-refractivity contribution < 1.29 is 4.79 Å². The minimum absolute atomic E-state index is 0. The molecule has 1 aromatic rings. The van der Waals surface area contributed by atoms with Gasteiger partial charge in [-0.2, -0.15) is 0 Å². The fourth-order valence-corrected chi connectivity index (χ4v) is 4.36. The molecule has 0 spiro atoms. The number of nitrogens with zero attached hydrogens (tertiary/aromatic N) is 4. The number of amides is 1. The van der Waals surface area contributed by atoms with Crippen molar-refractivity contribution in [3.8, 4) is 0 Å². The lowest BCUT2D eigenvalue weighted by atomic mass is 9.97. The van der Waals surface area contributed by atoms with Gasteiger partial charge in [0.25, 0.3) is 5.91 Å². The zero-order valence-electron chi connectivity index (χ0n) is 15.6. The van der Waals surface area contributed by atoms with Crippen LogP contribution in [-0.2, 0) is 0 Å². The molecule has 3 heterocycles. The maximum atomic E-state index is 12.6. The molecule has 2 atom stereocenters. The highest BCUT2D eigenvalue weighted by Gasteiger charge is 2.43. The molecular formula is C19H30Cl2N4O. The molecule has 2 saturated heterocycles. The fraction of sp³-hybridized carbons (Fsp3) is 0.684. The van der Waals surface area contributed by atoms with E-state index in [9.17, 15) is 4.79 Å². The zero-order chi connectivity index (χ0) is 16.7. The molecule has 0 unspecified atom stereocenters. The number of likely N-dealkylation sites (N-methyl/N-ethyl adjacent to an activating group) is 1. The molecule has 1 aromatic heterocycles. The first kappa shape index (κ1) is 21.3. The van der Waals surface area contributed by atoms with Crippen LogP contribution in [0, 0.1) is 11.8 Å². The Morgan fingerprint density at radius 2 is 1.85 bits per heavy atom. The Kier molecular flexibility index (Phi) is 7.17. The largest absolute Gasteiger partial charge is 0.355 e. The highest BCUT2D eigenvalue weighted by Crippen LogP contribution is 2.43. The summed E-state index contributed by atoms with van der Waals surface area (Å²) in [7, 11) is 4.37. The van der Waals surface area contributed by atoms with E-state index in [1.54, 1.807) is 6.20 Å². The minimum atomic E-state index is 0. The number of likely N-dealkylation sites (tertiary alicyclic amines) is 1. The van der Waals surface area contributed by atoms with Crippen molar-refractivity contribution in [2.75, 3.05) is 45.2 Å². The van der Waals surface area contributed by atoms with Gasteiger partial charge in [0.2, 0.25) is 0 Å². The third kappa shape index (κ3) is 4.26. The first-order valence-electron chi connectivity index (χ1n) is 9.30. The van der Waals surface area contributed by atoms with Gasteiger partial charge in [0.05, 0.1) is 0 Å². The lowest BCUT2D eigenvalue weighted by Crippen LogP contribution is -2.36. The predicted octanol–water partition coefficient (Wildman–Crippen LogP) is 2.94. The van der Waals surface area contributed by atoms with Crippen molar-refractivity contribution in [2.24, 2.45) is 11.8 Å². The molecule has 0 radical (unpaired) electrons. The molecule has 146 valence electrons. The van der Waals surface area contributed by atoms with Gasteiger partial charge in [0.15, 0.2) is 0 Å². The van der Waals surface area contributed by atoms with Gasteiger partial charge < -0.3 is 14.7 Å². The van der Waals surface area contributed by atoms with Crippen LogP contribution in [0.15, 0.2) is 18.3 Å². The summed E-state index contributed by atoms with van der Waals surface area (Å²) in [5, 5.41) is 0. The first-order valence-corrected chi connectivity index (χ1v) is 9.30. The lowest BCUT2D eigenvalue weighted by Gasteiger charge is -2.24. The van der Waals surface area contributed by atoms with Crippen LogP contribution in [-0.4, -0.2) is 67.0 Å². The Balaban J connectivity index is 0.00000121. The zero-order valence-corrected chi connectivity index (χ0v) is 17.3. The van der Waals surface area contributed by atoms with Crippen LogP contribution in [0.1, 0.15) is 36.0 Å². The van der Waals surface area contributed by atoms with E-state index in [0.717, 1.165) is 62.2 Å². The lowest BCUT2D eigenvalue weighted by molar-refractivity contribution is 0.0792. The number of aromatic nitrogens is 1. The molecule has 26 heavy (non-hydrogen) atoms. The Bertz CT molecular complexity index is 607. The summed E-state index contributed by atoms with van der Waals surface area (Å²) < 4.78 is 0. The molecule has 2 aliphatic heterocycles. The van der Waals surface area contributed by atoms with E-state index in [1.165, 1.54) is 12.8 Å². The molecule has 1 saturated carbocycles. The smallest absolute Gasteiger partial charge is 0.254 e. The van der Waals surface area contributed by atoms with Crippen molar-refractivity contribution in [3.63, 3.8) is 0 Å². The van der Waals surface area contributed by atoms with Gasteiger partial charge >= 0.3 is 0 Å².